The van der Waals surface area contributed by atoms with Crippen LogP contribution in [-0.4, -0.2) is 37.5 Å². The molecule has 2 atom stereocenters. The maximum Gasteiger partial charge on any atom is 0.228 e. The van der Waals surface area contributed by atoms with E-state index in [0.717, 1.165) is 5.56 Å². The molecule has 1 aliphatic rings. The van der Waals surface area contributed by atoms with Crippen molar-refractivity contribution in [3.8, 4) is 11.5 Å². The Kier molecular flexibility index (Phi) is 6.19. The third-order valence-corrected chi connectivity index (χ3v) is 5.02. The standard InChI is InChI=1S/C22H26N2O4/c1-4-24(14-15-8-6-5-7-9-15)22(26)18-13-17(18)21(25)23-19-12-16(27-2)10-11-20(19)28-3/h5-12,17-18H,4,13-14H2,1-3H3,(H,23,25). The van der Waals surface area contributed by atoms with Gasteiger partial charge in [0.15, 0.2) is 0 Å². The largest absolute Gasteiger partial charge is 0.497 e. The molecule has 0 saturated heterocycles. The number of ether oxygens (including phenoxy) is 2. The molecule has 0 aromatic heterocycles. The lowest BCUT2D eigenvalue weighted by molar-refractivity contribution is -0.134. The van der Waals surface area contributed by atoms with Gasteiger partial charge in [-0.15, -0.1) is 0 Å². The van der Waals surface area contributed by atoms with Gasteiger partial charge in [0.1, 0.15) is 11.5 Å². The second-order valence-electron chi connectivity index (χ2n) is 6.84. The lowest BCUT2D eigenvalue weighted by Gasteiger charge is -2.21. The number of benzene rings is 2. The summed E-state index contributed by atoms with van der Waals surface area (Å²) in [6.07, 6.45) is 0.572. The van der Waals surface area contributed by atoms with Gasteiger partial charge in [-0.05, 0) is 31.0 Å². The summed E-state index contributed by atoms with van der Waals surface area (Å²) in [6, 6.07) is 15.1. The molecule has 0 radical (unpaired) electrons. The number of nitrogens with zero attached hydrogens (tertiary/aromatic N) is 1. The van der Waals surface area contributed by atoms with Crippen molar-refractivity contribution in [1.82, 2.24) is 4.90 Å². The van der Waals surface area contributed by atoms with Gasteiger partial charge < -0.3 is 19.7 Å². The van der Waals surface area contributed by atoms with Crippen molar-refractivity contribution in [2.24, 2.45) is 11.8 Å². The first-order valence-corrected chi connectivity index (χ1v) is 9.43. The molecular formula is C22H26N2O4. The zero-order valence-electron chi connectivity index (χ0n) is 16.5. The van der Waals surface area contributed by atoms with E-state index < -0.39 is 0 Å². The Bertz CT molecular complexity index is 838. The molecule has 0 heterocycles. The van der Waals surface area contributed by atoms with Crippen molar-refractivity contribution >= 4 is 17.5 Å². The van der Waals surface area contributed by atoms with Crippen molar-refractivity contribution in [3.63, 3.8) is 0 Å². The first-order valence-electron chi connectivity index (χ1n) is 9.43. The second kappa shape index (κ2) is 8.78. The molecular weight excluding hydrogens is 356 g/mol. The molecule has 2 aromatic rings. The Hall–Kier alpha value is -3.02. The number of hydrogen-bond donors (Lipinski definition) is 1. The van der Waals surface area contributed by atoms with Crippen molar-refractivity contribution < 1.29 is 19.1 Å². The Morgan fingerprint density at radius 2 is 1.82 bits per heavy atom. The SMILES string of the molecule is CCN(Cc1ccccc1)C(=O)C1CC1C(=O)Nc1cc(OC)ccc1OC. The zero-order valence-corrected chi connectivity index (χ0v) is 16.5. The van der Waals surface area contributed by atoms with E-state index in [1.165, 1.54) is 0 Å². The highest BCUT2D eigenvalue weighted by Crippen LogP contribution is 2.42. The maximum atomic E-state index is 12.8. The summed E-state index contributed by atoms with van der Waals surface area (Å²) >= 11 is 0. The van der Waals surface area contributed by atoms with Crippen LogP contribution in [0.1, 0.15) is 18.9 Å². The summed E-state index contributed by atoms with van der Waals surface area (Å²) in [5, 5.41) is 2.87. The predicted octanol–water partition coefficient (Wildman–Crippen LogP) is 3.33. The highest BCUT2D eigenvalue weighted by molar-refractivity contribution is 6.00. The molecule has 0 spiro atoms. The number of carbonyl (C=O) groups is 2. The molecule has 3 rings (SSSR count). The fourth-order valence-electron chi connectivity index (χ4n) is 3.28. The summed E-state index contributed by atoms with van der Waals surface area (Å²) in [6.45, 7) is 3.13. The van der Waals surface area contributed by atoms with Gasteiger partial charge in [-0.1, -0.05) is 30.3 Å². The first kappa shape index (κ1) is 19.7. The van der Waals surface area contributed by atoms with Crippen LogP contribution in [0.2, 0.25) is 0 Å². The van der Waals surface area contributed by atoms with Gasteiger partial charge >= 0.3 is 0 Å². The van der Waals surface area contributed by atoms with Gasteiger partial charge in [0.05, 0.1) is 31.7 Å². The number of amides is 2. The Morgan fingerprint density at radius 1 is 1.07 bits per heavy atom. The lowest BCUT2D eigenvalue weighted by Crippen LogP contribution is -2.33. The van der Waals surface area contributed by atoms with Crippen LogP contribution in [0.3, 0.4) is 0 Å². The average Bonchev–Trinajstić information content (AvgIpc) is 3.53. The molecule has 148 valence electrons. The van der Waals surface area contributed by atoms with Crippen molar-refractivity contribution in [1.29, 1.82) is 0 Å². The third kappa shape index (κ3) is 4.44. The van der Waals surface area contributed by atoms with E-state index in [1.807, 2.05) is 37.3 Å². The third-order valence-electron chi connectivity index (χ3n) is 5.02. The molecule has 2 aromatic carbocycles. The fourth-order valence-corrected chi connectivity index (χ4v) is 3.28. The summed E-state index contributed by atoms with van der Waals surface area (Å²) in [5.74, 6) is 0.467. The minimum absolute atomic E-state index is 0.0316. The van der Waals surface area contributed by atoms with Crippen LogP contribution in [0.25, 0.3) is 0 Å². The van der Waals surface area contributed by atoms with Gasteiger partial charge in [-0.25, -0.2) is 0 Å². The summed E-state index contributed by atoms with van der Waals surface area (Å²) < 4.78 is 10.5. The van der Waals surface area contributed by atoms with Crippen LogP contribution < -0.4 is 14.8 Å². The minimum Gasteiger partial charge on any atom is -0.497 e. The maximum absolute atomic E-state index is 12.8. The molecule has 1 fully saturated rings. The molecule has 28 heavy (non-hydrogen) atoms. The Balaban J connectivity index is 1.62. The molecule has 2 unspecified atom stereocenters. The van der Waals surface area contributed by atoms with Crippen LogP contribution in [0.15, 0.2) is 48.5 Å². The van der Waals surface area contributed by atoms with Crippen molar-refractivity contribution in [2.45, 2.75) is 19.9 Å². The quantitative estimate of drug-likeness (QED) is 0.760. The minimum atomic E-state index is -0.312. The van der Waals surface area contributed by atoms with Gasteiger partial charge in [-0.3, -0.25) is 9.59 Å². The molecule has 1 saturated carbocycles. The molecule has 1 aliphatic carbocycles. The van der Waals surface area contributed by atoms with E-state index in [-0.39, 0.29) is 23.7 Å². The lowest BCUT2D eigenvalue weighted by atomic mass is 10.2. The molecule has 6 heteroatoms. The Morgan fingerprint density at radius 3 is 2.46 bits per heavy atom. The van der Waals surface area contributed by atoms with Crippen LogP contribution in [0.4, 0.5) is 5.69 Å². The summed E-state index contributed by atoms with van der Waals surface area (Å²) in [4.78, 5) is 27.3. The molecule has 2 amide bonds. The van der Waals surface area contributed by atoms with E-state index in [2.05, 4.69) is 5.32 Å². The first-order chi connectivity index (χ1) is 13.6. The number of hydrogen-bond acceptors (Lipinski definition) is 4. The van der Waals surface area contributed by atoms with Crippen LogP contribution in [-0.2, 0) is 16.1 Å². The summed E-state index contributed by atoms with van der Waals surface area (Å²) in [7, 11) is 3.11. The smallest absolute Gasteiger partial charge is 0.228 e. The number of rotatable bonds is 8. The van der Waals surface area contributed by atoms with E-state index in [9.17, 15) is 9.59 Å². The monoisotopic (exact) mass is 382 g/mol. The number of methoxy groups -OCH3 is 2. The molecule has 1 N–H and O–H groups in total. The molecule has 0 bridgehead atoms. The van der Waals surface area contributed by atoms with Crippen molar-refractivity contribution in [3.05, 3.63) is 54.1 Å². The topological polar surface area (TPSA) is 67.9 Å². The highest BCUT2D eigenvalue weighted by Gasteiger charge is 2.49. The number of nitrogens with one attached hydrogen (secondary N) is 1. The number of anilines is 1. The van der Waals surface area contributed by atoms with E-state index in [0.29, 0.717) is 36.7 Å². The second-order valence-corrected chi connectivity index (χ2v) is 6.84. The van der Waals surface area contributed by atoms with Gasteiger partial charge in [0.25, 0.3) is 0 Å². The van der Waals surface area contributed by atoms with E-state index >= 15 is 0 Å². The van der Waals surface area contributed by atoms with Crippen LogP contribution in [0, 0.1) is 11.8 Å². The summed E-state index contributed by atoms with van der Waals surface area (Å²) in [5.41, 5.74) is 1.63. The Labute approximate surface area is 165 Å². The molecule has 0 aliphatic heterocycles. The normalized spacial score (nSPS) is 17.5. The highest BCUT2D eigenvalue weighted by atomic mass is 16.5. The predicted molar refractivity (Wildman–Crippen MR) is 107 cm³/mol. The van der Waals surface area contributed by atoms with Gasteiger partial charge in [-0.2, -0.15) is 0 Å². The van der Waals surface area contributed by atoms with Gasteiger partial charge in [0.2, 0.25) is 11.8 Å². The molecule has 6 nitrogen and oxygen atoms in total. The number of carbonyl (C=O) groups excluding carboxylic acids is 2. The van der Waals surface area contributed by atoms with Crippen molar-refractivity contribution in [2.75, 3.05) is 26.1 Å². The van der Waals surface area contributed by atoms with Crippen LogP contribution >= 0.6 is 0 Å². The average molecular weight is 382 g/mol. The fraction of sp³-hybridized carbons (Fsp3) is 0.364. The van der Waals surface area contributed by atoms with E-state index in [4.69, 9.17) is 9.47 Å². The van der Waals surface area contributed by atoms with Gasteiger partial charge in [0, 0.05) is 19.2 Å². The zero-order chi connectivity index (χ0) is 20.1. The van der Waals surface area contributed by atoms with E-state index in [1.54, 1.807) is 37.3 Å². The van der Waals surface area contributed by atoms with Crippen LogP contribution in [0.5, 0.6) is 11.5 Å².